The molecule has 0 aromatic carbocycles. The molecule has 0 aliphatic heterocycles. The monoisotopic (exact) mass is 168 g/mol. The zero-order valence-electron chi connectivity index (χ0n) is 6.15. The van der Waals surface area contributed by atoms with E-state index in [1.165, 1.54) is 18.0 Å². The van der Waals surface area contributed by atoms with Crippen LogP contribution in [0.5, 0.6) is 0 Å². The Morgan fingerprint density at radius 1 is 1.91 bits per heavy atom. The molecular weight excluding hydrogens is 160 g/mol. The highest BCUT2D eigenvalue weighted by atomic mass is 32.2. The summed E-state index contributed by atoms with van der Waals surface area (Å²) in [5.41, 5.74) is 0. The summed E-state index contributed by atoms with van der Waals surface area (Å²) in [4.78, 5) is 3.90. The van der Waals surface area contributed by atoms with Crippen molar-refractivity contribution < 1.29 is 4.42 Å². The van der Waals surface area contributed by atoms with E-state index in [2.05, 4.69) is 11.1 Å². The van der Waals surface area contributed by atoms with Gasteiger partial charge in [0, 0.05) is 0 Å². The number of nitriles is 1. The number of nitrogens with zero attached hydrogens (tertiary/aromatic N) is 2. The van der Waals surface area contributed by atoms with Crippen LogP contribution in [0.15, 0.2) is 22.1 Å². The van der Waals surface area contributed by atoms with Crippen molar-refractivity contribution in [3.8, 4) is 6.07 Å². The summed E-state index contributed by atoms with van der Waals surface area (Å²) in [5.74, 6) is 0. The number of hydrogen-bond donors (Lipinski definition) is 0. The Hall–Kier alpha value is -0.950. The van der Waals surface area contributed by atoms with E-state index in [1.54, 1.807) is 6.20 Å². The third-order valence-electron chi connectivity index (χ3n) is 1.17. The highest BCUT2D eigenvalue weighted by Crippen LogP contribution is 2.22. The van der Waals surface area contributed by atoms with E-state index >= 15 is 0 Å². The molecular formula is C7H8N2OS. The summed E-state index contributed by atoms with van der Waals surface area (Å²) < 4.78 is 4.97. The smallest absolute Gasteiger partial charge is 0.256 e. The van der Waals surface area contributed by atoms with Gasteiger partial charge < -0.3 is 4.42 Å². The molecule has 1 unspecified atom stereocenters. The summed E-state index contributed by atoms with van der Waals surface area (Å²) >= 11 is 1.36. The van der Waals surface area contributed by atoms with Crippen LogP contribution < -0.4 is 0 Å². The third kappa shape index (κ3) is 2.28. The maximum atomic E-state index is 8.58. The maximum absolute atomic E-state index is 8.58. The van der Waals surface area contributed by atoms with Gasteiger partial charge in [-0.15, -0.1) is 0 Å². The molecule has 0 radical (unpaired) electrons. The lowest BCUT2D eigenvalue weighted by Gasteiger charge is -1.98. The number of oxazole rings is 1. The zero-order valence-corrected chi connectivity index (χ0v) is 6.97. The van der Waals surface area contributed by atoms with Crippen molar-refractivity contribution in [2.24, 2.45) is 0 Å². The average Bonchev–Trinajstić information content (AvgIpc) is 2.52. The van der Waals surface area contributed by atoms with Crippen LogP contribution >= 0.6 is 11.8 Å². The van der Waals surface area contributed by atoms with Crippen LogP contribution in [0, 0.1) is 11.3 Å². The molecule has 0 N–H and O–H groups in total. The molecule has 0 amide bonds. The molecule has 3 nitrogen and oxygen atoms in total. The van der Waals surface area contributed by atoms with E-state index in [-0.39, 0.29) is 5.25 Å². The normalized spacial score (nSPS) is 12.4. The Balaban J connectivity index is 2.49. The van der Waals surface area contributed by atoms with Gasteiger partial charge in [-0.2, -0.15) is 5.26 Å². The van der Waals surface area contributed by atoms with E-state index in [0.717, 1.165) is 6.42 Å². The molecule has 0 saturated carbocycles. The molecule has 4 heteroatoms. The lowest BCUT2D eigenvalue weighted by molar-refractivity contribution is 0.453. The standard InChI is InChI=1S/C7H8N2OS/c1-2-6(5-8)11-7-9-3-4-10-7/h3-4,6H,2H2,1H3. The van der Waals surface area contributed by atoms with Crippen molar-refractivity contribution in [3.05, 3.63) is 12.5 Å². The highest BCUT2D eigenvalue weighted by molar-refractivity contribution is 7.99. The molecule has 1 rings (SSSR count). The first-order chi connectivity index (χ1) is 5.36. The third-order valence-corrected chi connectivity index (χ3v) is 2.29. The molecule has 1 aromatic heterocycles. The summed E-state index contributed by atoms with van der Waals surface area (Å²) in [5, 5.41) is 9.10. The van der Waals surface area contributed by atoms with Gasteiger partial charge in [0.25, 0.3) is 5.22 Å². The number of aromatic nitrogens is 1. The second kappa shape index (κ2) is 4.04. The first-order valence-electron chi connectivity index (χ1n) is 3.32. The van der Waals surface area contributed by atoms with Crippen molar-refractivity contribution in [3.63, 3.8) is 0 Å². The van der Waals surface area contributed by atoms with Crippen molar-refractivity contribution in [1.82, 2.24) is 4.98 Å². The van der Waals surface area contributed by atoms with Gasteiger partial charge in [-0.3, -0.25) is 0 Å². The molecule has 1 heterocycles. The molecule has 0 aliphatic rings. The fourth-order valence-electron chi connectivity index (χ4n) is 0.591. The predicted octanol–water partition coefficient (Wildman–Crippen LogP) is 2.07. The van der Waals surface area contributed by atoms with Crippen LogP contribution in [0.2, 0.25) is 0 Å². The van der Waals surface area contributed by atoms with Crippen molar-refractivity contribution in [1.29, 1.82) is 5.26 Å². The van der Waals surface area contributed by atoms with Crippen LogP contribution in [0.1, 0.15) is 13.3 Å². The van der Waals surface area contributed by atoms with Gasteiger partial charge in [0.1, 0.15) is 11.5 Å². The van der Waals surface area contributed by atoms with Crippen LogP contribution in [0.3, 0.4) is 0 Å². The Morgan fingerprint density at radius 2 is 2.73 bits per heavy atom. The quantitative estimate of drug-likeness (QED) is 0.648. The van der Waals surface area contributed by atoms with Gasteiger partial charge >= 0.3 is 0 Å². The Bertz CT molecular complexity index is 239. The molecule has 0 saturated heterocycles. The van der Waals surface area contributed by atoms with Crippen LogP contribution in [0.25, 0.3) is 0 Å². The Morgan fingerprint density at radius 3 is 3.18 bits per heavy atom. The minimum Gasteiger partial charge on any atom is -0.440 e. The number of rotatable bonds is 3. The van der Waals surface area contributed by atoms with Gasteiger partial charge in [-0.25, -0.2) is 4.98 Å². The first kappa shape index (κ1) is 8.15. The molecule has 0 bridgehead atoms. The highest BCUT2D eigenvalue weighted by Gasteiger charge is 2.08. The molecule has 0 fully saturated rings. The lowest BCUT2D eigenvalue weighted by Crippen LogP contribution is -1.94. The summed E-state index contributed by atoms with van der Waals surface area (Å²) in [7, 11) is 0. The molecule has 58 valence electrons. The minimum absolute atomic E-state index is 0.0475. The Kier molecular flexibility index (Phi) is 2.99. The first-order valence-corrected chi connectivity index (χ1v) is 4.20. The van der Waals surface area contributed by atoms with E-state index < -0.39 is 0 Å². The fourth-order valence-corrected chi connectivity index (χ4v) is 1.29. The summed E-state index contributed by atoms with van der Waals surface area (Å²) in [6.07, 6.45) is 3.89. The topological polar surface area (TPSA) is 49.8 Å². The summed E-state index contributed by atoms with van der Waals surface area (Å²) in [6.45, 7) is 1.96. The molecule has 1 aromatic rings. The van der Waals surface area contributed by atoms with Gasteiger partial charge in [-0.05, 0) is 18.2 Å². The fraction of sp³-hybridized carbons (Fsp3) is 0.429. The SMILES string of the molecule is CCC(C#N)Sc1ncco1. The van der Waals surface area contributed by atoms with E-state index in [9.17, 15) is 0 Å². The van der Waals surface area contributed by atoms with Crippen molar-refractivity contribution >= 4 is 11.8 Å². The second-order valence-electron chi connectivity index (χ2n) is 1.94. The maximum Gasteiger partial charge on any atom is 0.256 e. The van der Waals surface area contributed by atoms with Gasteiger partial charge in [-0.1, -0.05) is 6.92 Å². The molecule has 1 atom stereocenters. The van der Waals surface area contributed by atoms with Gasteiger partial charge in [0.15, 0.2) is 0 Å². The van der Waals surface area contributed by atoms with Crippen molar-refractivity contribution in [2.75, 3.05) is 0 Å². The Labute approximate surface area is 69.4 Å². The van der Waals surface area contributed by atoms with Crippen LogP contribution in [-0.4, -0.2) is 10.2 Å². The largest absolute Gasteiger partial charge is 0.440 e. The predicted molar refractivity (Wildman–Crippen MR) is 42.1 cm³/mol. The van der Waals surface area contributed by atoms with Crippen LogP contribution in [-0.2, 0) is 0 Å². The van der Waals surface area contributed by atoms with Crippen LogP contribution in [0.4, 0.5) is 0 Å². The second-order valence-corrected chi connectivity index (χ2v) is 3.10. The van der Waals surface area contributed by atoms with E-state index in [1.807, 2.05) is 6.92 Å². The number of thioether (sulfide) groups is 1. The molecule has 0 spiro atoms. The van der Waals surface area contributed by atoms with Gasteiger partial charge in [0.2, 0.25) is 0 Å². The molecule has 11 heavy (non-hydrogen) atoms. The average molecular weight is 168 g/mol. The molecule has 0 aliphatic carbocycles. The van der Waals surface area contributed by atoms with Gasteiger partial charge in [0.05, 0.1) is 12.3 Å². The van der Waals surface area contributed by atoms with Crippen molar-refractivity contribution in [2.45, 2.75) is 23.8 Å². The minimum atomic E-state index is -0.0475. The zero-order chi connectivity index (χ0) is 8.10. The van der Waals surface area contributed by atoms with E-state index in [4.69, 9.17) is 9.68 Å². The summed E-state index contributed by atoms with van der Waals surface area (Å²) in [6, 6.07) is 2.15. The number of hydrogen-bond acceptors (Lipinski definition) is 4. The van der Waals surface area contributed by atoms with E-state index in [0.29, 0.717) is 5.22 Å². The lowest BCUT2D eigenvalue weighted by atomic mass is 10.4.